The van der Waals surface area contributed by atoms with Crippen molar-refractivity contribution in [2.24, 2.45) is 0 Å². The summed E-state index contributed by atoms with van der Waals surface area (Å²) in [6, 6.07) is 5.23. The fraction of sp³-hybridized carbons (Fsp3) is 0.273. The van der Waals surface area contributed by atoms with Crippen molar-refractivity contribution in [1.29, 1.82) is 0 Å². The molecule has 0 radical (unpaired) electrons. The van der Waals surface area contributed by atoms with Crippen molar-refractivity contribution in [3.8, 4) is 11.4 Å². The molecule has 2 N–H and O–H groups in total. The second-order valence-corrected chi connectivity index (χ2v) is 3.72. The van der Waals surface area contributed by atoms with Gasteiger partial charge in [0, 0.05) is 5.69 Å². The topological polar surface area (TPSA) is 94.0 Å². The van der Waals surface area contributed by atoms with Gasteiger partial charge in [-0.3, -0.25) is 4.79 Å². The van der Waals surface area contributed by atoms with Gasteiger partial charge in [-0.25, -0.2) is 0 Å². The van der Waals surface area contributed by atoms with Crippen LogP contribution in [0.3, 0.4) is 0 Å². The van der Waals surface area contributed by atoms with Crippen molar-refractivity contribution in [3.05, 3.63) is 24.5 Å². The van der Waals surface area contributed by atoms with E-state index in [2.05, 4.69) is 26.2 Å². The van der Waals surface area contributed by atoms with E-state index in [1.54, 1.807) is 32.4 Å². The van der Waals surface area contributed by atoms with Crippen molar-refractivity contribution < 1.29 is 9.53 Å². The van der Waals surface area contributed by atoms with Gasteiger partial charge in [-0.05, 0) is 35.7 Å². The maximum Gasteiger partial charge on any atom is 0.238 e. The molecule has 1 aromatic heterocycles. The van der Waals surface area contributed by atoms with E-state index in [9.17, 15) is 4.79 Å². The van der Waals surface area contributed by atoms with Gasteiger partial charge >= 0.3 is 0 Å². The number of anilines is 1. The lowest BCUT2D eigenvalue weighted by molar-refractivity contribution is -0.115. The Balaban J connectivity index is 2.28. The number of hydrogen-bond donors (Lipinski definition) is 2. The molecule has 0 saturated carbocycles. The lowest BCUT2D eigenvalue weighted by Gasteiger charge is -2.10. The second kappa shape index (κ2) is 5.91. The highest BCUT2D eigenvalue weighted by Gasteiger charge is 2.09. The number of benzene rings is 1. The zero-order valence-corrected chi connectivity index (χ0v) is 10.6. The van der Waals surface area contributed by atoms with Gasteiger partial charge in [0.2, 0.25) is 5.91 Å². The Morgan fingerprint density at radius 3 is 2.95 bits per heavy atom. The summed E-state index contributed by atoms with van der Waals surface area (Å²) in [4.78, 5) is 11.5. The largest absolute Gasteiger partial charge is 0.494 e. The van der Waals surface area contributed by atoms with Crippen LogP contribution in [0.15, 0.2) is 24.5 Å². The predicted octanol–water partition coefficient (Wildman–Crippen LogP) is -0.171. The van der Waals surface area contributed by atoms with Gasteiger partial charge in [0.25, 0.3) is 0 Å². The monoisotopic (exact) mass is 262 g/mol. The smallest absolute Gasteiger partial charge is 0.238 e. The summed E-state index contributed by atoms with van der Waals surface area (Å²) >= 11 is 0. The highest BCUT2D eigenvalue weighted by atomic mass is 16.5. The molecule has 2 rings (SSSR count). The van der Waals surface area contributed by atoms with Crippen LogP contribution in [0.1, 0.15) is 0 Å². The number of nitrogens with one attached hydrogen (secondary N) is 2. The van der Waals surface area contributed by atoms with Crippen LogP contribution in [0.4, 0.5) is 5.69 Å². The van der Waals surface area contributed by atoms with Crippen LogP contribution in [0.5, 0.6) is 5.75 Å². The summed E-state index contributed by atoms with van der Waals surface area (Å²) < 4.78 is 6.70. The molecule has 0 aliphatic rings. The molecule has 0 bridgehead atoms. The van der Waals surface area contributed by atoms with Crippen molar-refractivity contribution >= 4 is 11.6 Å². The quantitative estimate of drug-likeness (QED) is 0.777. The number of tetrazole rings is 1. The zero-order chi connectivity index (χ0) is 13.7. The molecular formula is C11H14N6O2. The summed E-state index contributed by atoms with van der Waals surface area (Å²) in [7, 11) is 3.27. The van der Waals surface area contributed by atoms with Gasteiger partial charge < -0.3 is 15.4 Å². The number of methoxy groups -OCH3 is 1. The lowest BCUT2D eigenvalue weighted by Crippen LogP contribution is -2.25. The number of carbonyl (C=O) groups excluding carboxylic acids is 1. The van der Waals surface area contributed by atoms with E-state index in [0.717, 1.165) is 0 Å². The number of aromatic nitrogens is 4. The standard InChI is InChI=1S/C11H14N6O2/c1-12-6-11(18)14-8-3-4-10(19-2)9(5-8)17-7-13-15-16-17/h3-5,7,12H,6H2,1-2H3,(H,14,18). The number of hydrogen-bond acceptors (Lipinski definition) is 6. The first kappa shape index (κ1) is 13.0. The molecule has 0 aliphatic heterocycles. The van der Waals surface area contributed by atoms with Crippen LogP contribution in [0.25, 0.3) is 5.69 Å². The second-order valence-electron chi connectivity index (χ2n) is 3.72. The molecule has 1 amide bonds. The predicted molar refractivity (Wildman–Crippen MR) is 68.3 cm³/mol. The fourth-order valence-electron chi connectivity index (χ4n) is 1.58. The molecule has 19 heavy (non-hydrogen) atoms. The first-order valence-electron chi connectivity index (χ1n) is 5.60. The van der Waals surface area contributed by atoms with Crippen molar-refractivity contribution in [2.75, 3.05) is 26.0 Å². The average molecular weight is 262 g/mol. The molecule has 0 saturated heterocycles. The van der Waals surface area contributed by atoms with Gasteiger partial charge in [-0.2, -0.15) is 4.68 Å². The molecule has 1 heterocycles. The van der Waals surface area contributed by atoms with Crippen molar-refractivity contribution in [1.82, 2.24) is 25.5 Å². The normalized spacial score (nSPS) is 10.2. The summed E-state index contributed by atoms with van der Waals surface area (Å²) in [5.41, 5.74) is 1.29. The number of ether oxygens (including phenoxy) is 1. The van der Waals surface area contributed by atoms with E-state index < -0.39 is 0 Å². The molecule has 0 atom stereocenters. The molecular weight excluding hydrogens is 248 g/mol. The highest BCUT2D eigenvalue weighted by molar-refractivity contribution is 5.92. The average Bonchev–Trinajstić information content (AvgIpc) is 2.92. The number of amides is 1. The zero-order valence-electron chi connectivity index (χ0n) is 10.6. The Morgan fingerprint density at radius 2 is 2.32 bits per heavy atom. The van der Waals surface area contributed by atoms with Crippen LogP contribution < -0.4 is 15.4 Å². The van der Waals surface area contributed by atoms with E-state index in [4.69, 9.17) is 4.74 Å². The molecule has 8 nitrogen and oxygen atoms in total. The third-order valence-corrected chi connectivity index (χ3v) is 2.40. The molecule has 0 fully saturated rings. The van der Waals surface area contributed by atoms with Crippen LogP contribution in [0.2, 0.25) is 0 Å². The molecule has 0 aliphatic carbocycles. The molecule has 2 aromatic rings. The first-order chi connectivity index (χ1) is 9.24. The minimum absolute atomic E-state index is 0.129. The highest BCUT2D eigenvalue weighted by Crippen LogP contribution is 2.25. The number of rotatable bonds is 5. The van der Waals surface area contributed by atoms with Gasteiger partial charge in [-0.1, -0.05) is 0 Å². The maximum atomic E-state index is 11.5. The molecule has 100 valence electrons. The summed E-state index contributed by atoms with van der Waals surface area (Å²) in [5.74, 6) is 0.481. The summed E-state index contributed by atoms with van der Waals surface area (Å²) in [6.07, 6.45) is 1.46. The van der Waals surface area contributed by atoms with Gasteiger partial charge in [0.15, 0.2) is 0 Å². The van der Waals surface area contributed by atoms with Gasteiger partial charge in [0.1, 0.15) is 17.8 Å². The van der Waals surface area contributed by atoms with E-state index in [1.807, 2.05) is 0 Å². The Bertz CT molecular complexity index is 554. The number of likely N-dealkylation sites (N-methyl/N-ethyl adjacent to an activating group) is 1. The van der Waals surface area contributed by atoms with Crippen LogP contribution in [0, 0.1) is 0 Å². The minimum atomic E-state index is -0.129. The van der Waals surface area contributed by atoms with E-state index >= 15 is 0 Å². The number of nitrogens with zero attached hydrogens (tertiary/aromatic N) is 4. The summed E-state index contributed by atoms with van der Waals surface area (Å²) in [6.45, 7) is 0.242. The SMILES string of the molecule is CNCC(=O)Nc1ccc(OC)c(-n2cnnn2)c1. The third kappa shape index (κ3) is 3.05. The lowest BCUT2D eigenvalue weighted by atomic mass is 10.2. The van der Waals surface area contributed by atoms with E-state index in [0.29, 0.717) is 17.1 Å². The molecule has 1 aromatic carbocycles. The Kier molecular flexibility index (Phi) is 4.04. The summed E-state index contributed by atoms with van der Waals surface area (Å²) in [5, 5.41) is 16.5. The van der Waals surface area contributed by atoms with Gasteiger partial charge in [0.05, 0.1) is 13.7 Å². The Hall–Kier alpha value is -2.48. The van der Waals surface area contributed by atoms with Gasteiger partial charge in [-0.15, -0.1) is 5.10 Å². The molecule has 0 unspecified atom stereocenters. The third-order valence-electron chi connectivity index (χ3n) is 2.40. The number of carbonyl (C=O) groups is 1. The van der Waals surface area contributed by atoms with Crippen LogP contribution in [-0.4, -0.2) is 46.8 Å². The molecule has 0 spiro atoms. The fourth-order valence-corrected chi connectivity index (χ4v) is 1.58. The van der Waals surface area contributed by atoms with Crippen molar-refractivity contribution in [3.63, 3.8) is 0 Å². The molecule has 8 heteroatoms. The van der Waals surface area contributed by atoms with Crippen LogP contribution in [-0.2, 0) is 4.79 Å². The Morgan fingerprint density at radius 1 is 1.47 bits per heavy atom. The van der Waals surface area contributed by atoms with E-state index in [1.165, 1.54) is 11.0 Å². The minimum Gasteiger partial charge on any atom is -0.494 e. The van der Waals surface area contributed by atoms with E-state index in [-0.39, 0.29) is 12.5 Å². The Labute approximate surface area is 109 Å². The maximum absolute atomic E-state index is 11.5. The van der Waals surface area contributed by atoms with Crippen LogP contribution >= 0.6 is 0 Å². The van der Waals surface area contributed by atoms with Crippen molar-refractivity contribution in [2.45, 2.75) is 0 Å². The first-order valence-corrected chi connectivity index (χ1v) is 5.60.